The second-order valence-corrected chi connectivity index (χ2v) is 7.28. The van der Waals surface area contributed by atoms with Gasteiger partial charge in [-0.15, -0.1) is 0 Å². The van der Waals surface area contributed by atoms with Crippen molar-refractivity contribution in [3.8, 4) is 11.5 Å². The monoisotopic (exact) mass is 285 g/mol. The highest BCUT2D eigenvalue weighted by Crippen LogP contribution is 2.54. The SMILES string of the molecule is CS(=O)(=O)C1C(c2ccc3c(c2)OCO3)C1(N)CO. The molecule has 0 bridgehead atoms. The summed E-state index contributed by atoms with van der Waals surface area (Å²) >= 11 is 0. The zero-order valence-corrected chi connectivity index (χ0v) is 11.2. The molecular formula is C12H15NO5S. The van der Waals surface area contributed by atoms with Crippen LogP contribution in [-0.4, -0.2) is 44.0 Å². The fraction of sp³-hybridized carbons (Fsp3) is 0.500. The molecule has 0 spiro atoms. The van der Waals surface area contributed by atoms with Crippen LogP contribution in [0.1, 0.15) is 11.5 Å². The smallest absolute Gasteiger partial charge is 0.231 e. The Morgan fingerprint density at radius 1 is 1.42 bits per heavy atom. The van der Waals surface area contributed by atoms with E-state index in [2.05, 4.69) is 0 Å². The number of hydrogen-bond acceptors (Lipinski definition) is 6. The lowest BCUT2D eigenvalue weighted by atomic mass is 10.1. The molecule has 1 fully saturated rings. The molecule has 0 amide bonds. The summed E-state index contributed by atoms with van der Waals surface area (Å²) < 4.78 is 33.9. The zero-order valence-electron chi connectivity index (χ0n) is 10.4. The van der Waals surface area contributed by atoms with E-state index in [-0.39, 0.29) is 13.4 Å². The summed E-state index contributed by atoms with van der Waals surface area (Å²) in [4.78, 5) is 0. The first-order valence-electron chi connectivity index (χ1n) is 5.86. The molecule has 19 heavy (non-hydrogen) atoms. The molecule has 3 unspecified atom stereocenters. The highest BCUT2D eigenvalue weighted by atomic mass is 32.2. The molecule has 1 aliphatic heterocycles. The van der Waals surface area contributed by atoms with Gasteiger partial charge in [-0.2, -0.15) is 0 Å². The average molecular weight is 285 g/mol. The first-order valence-corrected chi connectivity index (χ1v) is 7.81. The van der Waals surface area contributed by atoms with Gasteiger partial charge in [0.05, 0.1) is 17.4 Å². The lowest BCUT2D eigenvalue weighted by molar-refractivity contribution is 0.174. The molecule has 2 aliphatic rings. The predicted octanol–water partition coefficient (Wildman–Crippen LogP) is -0.384. The van der Waals surface area contributed by atoms with Gasteiger partial charge in [-0.25, -0.2) is 8.42 Å². The van der Waals surface area contributed by atoms with Crippen LogP contribution >= 0.6 is 0 Å². The number of benzene rings is 1. The maximum Gasteiger partial charge on any atom is 0.231 e. The highest BCUT2D eigenvalue weighted by molar-refractivity contribution is 7.91. The summed E-state index contributed by atoms with van der Waals surface area (Å²) in [6, 6.07) is 5.23. The van der Waals surface area contributed by atoms with Crippen LogP contribution in [0.5, 0.6) is 11.5 Å². The molecule has 104 valence electrons. The second-order valence-electron chi connectivity index (χ2n) is 5.11. The number of aliphatic hydroxyl groups excluding tert-OH is 1. The second kappa shape index (κ2) is 3.84. The maximum atomic E-state index is 11.7. The van der Waals surface area contributed by atoms with E-state index in [1.807, 2.05) is 0 Å². The fourth-order valence-corrected chi connectivity index (χ4v) is 4.69. The van der Waals surface area contributed by atoms with Crippen molar-refractivity contribution in [2.45, 2.75) is 16.7 Å². The molecule has 0 saturated heterocycles. The van der Waals surface area contributed by atoms with Gasteiger partial charge < -0.3 is 20.3 Å². The number of nitrogens with two attached hydrogens (primary N) is 1. The molecule has 7 heteroatoms. The standard InChI is InChI=1S/C12H15NO5S/c1-19(15,16)11-10(12(11,13)5-14)7-2-3-8-9(4-7)18-6-17-8/h2-4,10-11,14H,5-6,13H2,1H3. The van der Waals surface area contributed by atoms with E-state index in [0.29, 0.717) is 11.5 Å². The number of fused-ring (bicyclic) bond motifs is 1. The van der Waals surface area contributed by atoms with E-state index < -0.39 is 26.5 Å². The summed E-state index contributed by atoms with van der Waals surface area (Å²) in [6.45, 7) is -0.212. The van der Waals surface area contributed by atoms with Gasteiger partial charge in [-0.05, 0) is 17.7 Å². The third-order valence-corrected chi connectivity index (χ3v) is 5.43. The molecule has 3 atom stereocenters. The van der Waals surface area contributed by atoms with Crippen LogP contribution < -0.4 is 15.2 Å². The van der Waals surface area contributed by atoms with Crippen LogP contribution in [0.25, 0.3) is 0 Å². The average Bonchev–Trinajstić information content (AvgIpc) is 2.77. The molecule has 1 aromatic carbocycles. The van der Waals surface area contributed by atoms with Crippen LogP contribution in [0.4, 0.5) is 0 Å². The maximum absolute atomic E-state index is 11.7. The number of sulfone groups is 1. The lowest BCUT2D eigenvalue weighted by Crippen LogP contribution is -2.34. The molecule has 6 nitrogen and oxygen atoms in total. The fourth-order valence-electron chi connectivity index (χ4n) is 2.85. The number of aliphatic hydroxyl groups is 1. The number of ether oxygens (including phenoxy) is 2. The molecule has 1 aliphatic carbocycles. The summed E-state index contributed by atoms with van der Waals surface area (Å²) in [5.41, 5.74) is 5.63. The van der Waals surface area contributed by atoms with Gasteiger partial charge in [-0.3, -0.25) is 0 Å². The summed E-state index contributed by atoms with van der Waals surface area (Å²) in [7, 11) is -3.32. The van der Waals surface area contributed by atoms with Crippen LogP contribution in [0, 0.1) is 0 Å². The van der Waals surface area contributed by atoms with E-state index in [1.54, 1.807) is 18.2 Å². The van der Waals surface area contributed by atoms with Crippen LogP contribution in [0.15, 0.2) is 18.2 Å². The minimum absolute atomic E-state index is 0.159. The Morgan fingerprint density at radius 2 is 2.11 bits per heavy atom. The molecular weight excluding hydrogens is 270 g/mol. The molecule has 3 rings (SSSR count). The highest BCUT2D eigenvalue weighted by Gasteiger charge is 2.67. The van der Waals surface area contributed by atoms with Gasteiger partial charge in [0.15, 0.2) is 21.3 Å². The molecule has 0 aromatic heterocycles. The van der Waals surface area contributed by atoms with Crippen molar-refractivity contribution in [3.05, 3.63) is 23.8 Å². The lowest BCUT2D eigenvalue weighted by Gasteiger charge is -2.07. The van der Waals surface area contributed by atoms with Crippen LogP contribution in [0.3, 0.4) is 0 Å². The van der Waals surface area contributed by atoms with E-state index in [1.165, 1.54) is 0 Å². The Kier molecular flexibility index (Phi) is 2.57. The Labute approximate surface area is 111 Å². The predicted molar refractivity (Wildman–Crippen MR) is 67.9 cm³/mol. The van der Waals surface area contributed by atoms with Gasteiger partial charge >= 0.3 is 0 Å². The number of hydrogen-bond donors (Lipinski definition) is 2. The van der Waals surface area contributed by atoms with Gasteiger partial charge in [-0.1, -0.05) is 6.07 Å². The van der Waals surface area contributed by atoms with E-state index in [9.17, 15) is 13.5 Å². The topological polar surface area (TPSA) is 98.9 Å². The van der Waals surface area contributed by atoms with Crippen LogP contribution in [-0.2, 0) is 9.84 Å². The van der Waals surface area contributed by atoms with Crippen molar-refractivity contribution < 1.29 is 23.0 Å². The summed E-state index contributed by atoms with van der Waals surface area (Å²) in [5.74, 6) is 0.797. The Morgan fingerprint density at radius 3 is 2.68 bits per heavy atom. The van der Waals surface area contributed by atoms with Crippen molar-refractivity contribution >= 4 is 9.84 Å². The minimum atomic E-state index is -3.32. The molecule has 1 heterocycles. The first kappa shape index (κ1) is 12.7. The molecule has 3 N–H and O–H groups in total. The normalized spacial score (nSPS) is 32.4. The first-order chi connectivity index (χ1) is 8.88. The van der Waals surface area contributed by atoms with Gasteiger partial charge in [0.1, 0.15) is 0 Å². The summed E-state index contributed by atoms with van der Waals surface area (Å²) in [5, 5.41) is 8.62. The Hall–Kier alpha value is -1.31. The van der Waals surface area contributed by atoms with E-state index in [0.717, 1.165) is 11.8 Å². The van der Waals surface area contributed by atoms with Crippen molar-refractivity contribution in [3.63, 3.8) is 0 Å². The summed E-state index contributed by atoms with van der Waals surface area (Å²) in [6.07, 6.45) is 1.14. The minimum Gasteiger partial charge on any atom is -0.454 e. The van der Waals surface area contributed by atoms with Crippen molar-refractivity contribution in [1.82, 2.24) is 0 Å². The van der Waals surface area contributed by atoms with Crippen molar-refractivity contribution in [1.29, 1.82) is 0 Å². The third kappa shape index (κ3) is 1.80. The Balaban J connectivity index is 1.99. The molecule has 1 saturated carbocycles. The third-order valence-electron chi connectivity index (χ3n) is 3.79. The van der Waals surface area contributed by atoms with Gasteiger partial charge in [0, 0.05) is 12.2 Å². The van der Waals surface area contributed by atoms with Gasteiger partial charge in [0.2, 0.25) is 6.79 Å². The number of rotatable bonds is 3. The molecule has 0 radical (unpaired) electrons. The Bertz CT molecular complexity index is 629. The van der Waals surface area contributed by atoms with Crippen LogP contribution in [0.2, 0.25) is 0 Å². The van der Waals surface area contributed by atoms with Crippen molar-refractivity contribution in [2.24, 2.45) is 5.73 Å². The van der Waals surface area contributed by atoms with E-state index in [4.69, 9.17) is 15.2 Å². The quantitative estimate of drug-likeness (QED) is 0.785. The van der Waals surface area contributed by atoms with Gasteiger partial charge in [0.25, 0.3) is 0 Å². The van der Waals surface area contributed by atoms with E-state index >= 15 is 0 Å². The largest absolute Gasteiger partial charge is 0.454 e. The zero-order chi connectivity index (χ0) is 13.8. The molecule has 1 aromatic rings. The van der Waals surface area contributed by atoms with Crippen molar-refractivity contribution in [2.75, 3.05) is 19.7 Å².